The highest BCUT2D eigenvalue weighted by Gasteiger charge is 2.31. The predicted octanol–water partition coefficient (Wildman–Crippen LogP) is 3.99. The first-order chi connectivity index (χ1) is 24.7. The van der Waals surface area contributed by atoms with Gasteiger partial charge in [-0.15, -0.1) is 0 Å². The number of rotatable bonds is 21. The van der Waals surface area contributed by atoms with Crippen LogP contribution in [0.2, 0.25) is 0 Å². The van der Waals surface area contributed by atoms with Gasteiger partial charge in [-0.25, -0.2) is 0 Å². The van der Waals surface area contributed by atoms with E-state index in [2.05, 4.69) is 22.9 Å². The molecule has 3 N–H and O–H groups in total. The van der Waals surface area contributed by atoms with Crippen molar-refractivity contribution < 1.29 is 38.3 Å². The van der Waals surface area contributed by atoms with Crippen LogP contribution in [0.15, 0.2) is 24.3 Å². The van der Waals surface area contributed by atoms with Gasteiger partial charge in [-0.1, -0.05) is 65.5 Å². The van der Waals surface area contributed by atoms with Gasteiger partial charge in [0.1, 0.15) is 18.7 Å². The van der Waals surface area contributed by atoms with Gasteiger partial charge in [-0.3, -0.25) is 33.6 Å². The van der Waals surface area contributed by atoms with E-state index in [0.717, 1.165) is 37.7 Å². The van der Waals surface area contributed by atoms with Crippen LogP contribution in [0.4, 0.5) is 5.69 Å². The zero-order valence-electron chi connectivity index (χ0n) is 31.7. The summed E-state index contributed by atoms with van der Waals surface area (Å²) < 4.78 is 4.96. The highest BCUT2D eigenvalue weighted by Crippen LogP contribution is 2.16. The molecule has 290 valence electrons. The number of ether oxygens (including phenoxy) is 1. The molecule has 6 amide bonds. The van der Waals surface area contributed by atoms with Crippen LogP contribution in [0.25, 0.3) is 0 Å². The van der Waals surface area contributed by atoms with Crippen molar-refractivity contribution in [2.45, 2.75) is 118 Å². The largest absolute Gasteiger partial charge is 0.461 e. The maximum Gasteiger partial charge on any atom is 0.302 e. The Balaban J connectivity index is 1.84. The number of nitrogens with one attached hydrogen (secondary N) is 3. The second-order valence-electron chi connectivity index (χ2n) is 13.4. The molecule has 0 aliphatic carbocycles. The standard InChI is InChI=1S/C37H58N6O8S/c1-7-9-10-11-12-14-33(47)42-23-41(32(46)13-8-2)24-43(25-42)34(48)19-20-52-22-31(45)40-35(26(3)4)37(50)38-27(5)36(49)39-30-17-15-29(16-18-30)21-51-28(6)44/h15-18,26-27,35H,7-14,19-25H2,1-6H3,(H,38,50)(H,39,49)(H,40,45)/t27-,35-/m0/s1. The maximum absolute atomic E-state index is 13.2. The zero-order valence-corrected chi connectivity index (χ0v) is 32.5. The first-order valence-electron chi connectivity index (χ1n) is 18.3. The number of hydrogen-bond donors (Lipinski definition) is 3. The Labute approximate surface area is 312 Å². The fraction of sp³-hybridized carbons (Fsp3) is 0.649. The van der Waals surface area contributed by atoms with Gasteiger partial charge >= 0.3 is 5.97 Å². The van der Waals surface area contributed by atoms with Crippen molar-refractivity contribution in [2.24, 2.45) is 5.92 Å². The molecule has 1 fully saturated rings. The Morgan fingerprint density at radius 1 is 0.731 bits per heavy atom. The number of unbranched alkanes of at least 4 members (excludes halogenated alkanes) is 4. The second-order valence-corrected chi connectivity index (χ2v) is 14.5. The highest BCUT2D eigenvalue weighted by molar-refractivity contribution is 7.99. The van der Waals surface area contributed by atoms with Crippen LogP contribution in [0, 0.1) is 5.92 Å². The van der Waals surface area contributed by atoms with Crippen LogP contribution >= 0.6 is 11.8 Å². The second kappa shape index (κ2) is 23.4. The van der Waals surface area contributed by atoms with E-state index in [4.69, 9.17) is 4.74 Å². The Bertz CT molecular complexity index is 1360. The summed E-state index contributed by atoms with van der Waals surface area (Å²) in [5.41, 5.74) is 1.26. The average molecular weight is 747 g/mol. The Morgan fingerprint density at radius 3 is 1.87 bits per heavy atom. The van der Waals surface area contributed by atoms with Crippen LogP contribution in [0.3, 0.4) is 0 Å². The number of anilines is 1. The van der Waals surface area contributed by atoms with Crippen molar-refractivity contribution in [1.29, 1.82) is 0 Å². The molecule has 0 aromatic heterocycles. The zero-order chi connectivity index (χ0) is 38.6. The summed E-state index contributed by atoms with van der Waals surface area (Å²) in [7, 11) is 0. The molecule has 2 atom stereocenters. The minimum atomic E-state index is -0.897. The lowest BCUT2D eigenvalue weighted by Gasteiger charge is -2.42. The number of carbonyl (C=O) groups excluding carboxylic acids is 7. The lowest BCUT2D eigenvalue weighted by atomic mass is 10.0. The van der Waals surface area contributed by atoms with Crippen molar-refractivity contribution >= 4 is 58.9 Å². The maximum atomic E-state index is 13.2. The van der Waals surface area contributed by atoms with E-state index in [0.29, 0.717) is 30.7 Å². The first-order valence-corrected chi connectivity index (χ1v) is 19.4. The van der Waals surface area contributed by atoms with Gasteiger partial charge in [0.25, 0.3) is 0 Å². The van der Waals surface area contributed by atoms with Gasteiger partial charge in [-0.05, 0) is 43.4 Å². The lowest BCUT2D eigenvalue weighted by molar-refractivity contribution is -0.158. The fourth-order valence-electron chi connectivity index (χ4n) is 5.36. The molecule has 1 aliphatic heterocycles. The summed E-state index contributed by atoms with van der Waals surface area (Å²) >= 11 is 1.24. The van der Waals surface area contributed by atoms with E-state index < -0.39 is 29.9 Å². The van der Waals surface area contributed by atoms with E-state index in [9.17, 15) is 33.6 Å². The third-order valence-electron chi connectivity index (χ3n) is 8.42. The van der Waals surface area contributed by atoms with E-state index in [1.807, 2.05) is 6.92 Å². The molecular formula is C37H58N6O8S. The van der Waals surface area contributed by atoms with Gasteiger partial charge in [0.15, 0.2) is 0 Å². The minimum Gasteiger partial charge on any atom is -0.461 e. The molecule has 52 heavy (non-hydrogen) atoms. The highest BCUT2D eigenvalue weighted by atomic mass is 32.2. The fourth-order valence-corrected chi connectivity index (χ4v) is 6.09. The topological polar surface area (TPSA) is 175 Å². The summed E-state index contributed by atoms with van der Waals surface area (Å²) in [6, 6.07) is 4.97. The molecule has 0 saturated carbocycles. The molecule has 1 aliphatic rings. The SMILES string of the molecule is CCCCCCCC(=O)N1CN(C(=O)CCC)CN(C(=O)CCSCC(=O)N[C@H](C(=O)N[C@@H](C)C(=O)Nc2ccc(COC(C)=O)cc2)C(C)C)C1. The van der Waals surface area contributed by atoms with E-state index in [1.54, 1.807) is 54.8 Å². The number of benzene rings is 1. The van der Waals surface area contributed by atoms with Gasteiger partial charge < -0.3 is 35.4 Å². The van der Waals surface area contributed by atoms with E-state index >= 15 is 0 Å². The van der Waals surface area contributed by atoms with Gasteiger partial charge in [-0.2, -0.15) is 11.8 Å². The smallest absolute Gasteiger partial charge is 0.302 e. The van der Waals surface area contributed by atoms with Crippen molar-refractivity contribution in [1.82, 2.24) is 25.3 Å². The third kappa shape index (κ3) is 16.0. The molecule has 0 spiro atoms. The number of amides is 6. The molecule has 0 bridgehead atoms. The van der Waals surface area contributed by atoms with Crippen molar-refractivity contribution in [3.63, 3.8) is 0 Å². The van der Waals surface area contributed by atoms with Gasteiger partial charge in [0.05, 0.1) is 25.8 Å². The minimum absolute atomic E-state index is 0.0109. The van der Waals surface area contributed by atoms with Gasteiger partial charge in [0, 0.05) is 37.6 Å². The number of thioether (sulfide) groups is 1. The van der Waals surface area contributed by atoms with E-state index in [-0.39, 0.29) is 68.3 Å². The Morgan fingerprint density at radius 2 is 1.31 bits per heavy atom. The van der Waals surface area contributed by atoms with Crippen LogP contribution in [-0.4, -0.2) is 99.7 Å². The normalized spacial score (nSPS) is 14.0. The number of hydrogen-bond acceptors (Lipinski definition) is 9. The van der Waals surface area contributed by atoms with Crippen molar-refractivity contribution in [3.8, 4) is 0 Å². The van der Waals surface area contributed by atoms with Gasteiger partial charge in [0.2, 0.25) is 35.4 Å². The quantitative estimate of drug-likeness (QED) is 0.124. The molecule has 0 radical (unpaired) electrons. The summed E-state index contributed by atoms with van der Waals surface area (Å²) in [5, 5.41) is 8.13. The molecule has 1 aromatic rings. The summed E-state index contributed by atoms with van der Waals surface area (Å²) in [4.78, 5) is 93.2. The average Bonchev–Trinajstić information content (AvgIpc) is 3.11. The van der Waals surface area contributed by atoms with Crippen LogP contribution in [0.5, 0.6) is 0 Å². The Kier molecular flexibility index (Phi) is 19.8. The molecule has 0 unspecified atom stereocenters. The van der Waals surface area contributed by atoms with Crippen molar-refractivity contribution in [2.75, 3.05) is 36.8 Å². The molecule has 14 nitrogen and oxygen atoms in total. The summed E-state index contributed by atoms with van der Waals surface area (Å²) in [6.45, 7) is 11.0. The van der Waals surface area contributed by atoms with Crippen LogP contribution in [0.1, 0.15) is 105 Å². The Hall–Kier alpha value is -4.14. The number of nitrogens with zero attached hydrogens (tertiary/aromatic N) is 3. The molecule has 1 aromatic carbocycles. The predicted molar refractivity (Wildman–Crippen MR) is 200 cm³/mol. The van der Waals surface area contributed by atoms with E-state index in [1.165, 1.54) is 23.6 Å². The van der Waals surface area contributed by atoms with Crippen LogP contribution in [-0.2, 0) is 44.9 Å². The molecular weight excluding hydrogens is 689 g/mol. The summed E-state index contributed by atoms with van der Waals surface area (Å²) in [6.07, 6.45) is 6.56. The number of carbonyl (C=O) groups is 7. The third-order valence-corrected chi connectivity index (χ3v) is 9.37. The van der Waals surface area contributed by atoms with Crippen molar-refractivity contribution in [3.05, 3.63) is 29.8 Å². The lowest BCUT2D eigenvalue weighted by Crippen LogP contribution is -2.59. The summed E-state index contributed by atoms with van der Waals surface area (Å²) in [5.74, 6) is -2.05. The molecule has 1 saturated heterocycles. The first kappa shape index (κ1) is 44.0. The van der Waals surface area contributed by atoms with Crippen LogP contribution < -0.4 is 16.0 Å². The molecule has 15 heteroatoms. The number of esters is 1. The monoisotopic (exact) mass is 746 g/mol. The molecule has 1 heterocycles. The molecule has 2 rings (SSSR count).